The van der Waals surface area contributed by atoms with E-state index >= 15 is 0 Å². The van der Waals surface area contributed by atoms with Gasteiger partial charge in [0.05, 0.1) is 0 Å². The van der Waals surface area contributed by atoms with Crippen LogP contribution in [0, 0.1) is 0 Å². The Morgan fingerprint density at radius 2 is 1.67 bits per heavy atom. The van der Waals surface area contributed by atoms with Gasteiger partial charge >= 0.3 is 11.8 Å². The molecular weight excluding hydrogens is 310 g/mol. The van der Waals surface area contributed by atoms with E-state index in [0.717, 1.165) is 10.8 Å². The van der Waals surface area contributed by atoms with Crippen LogP contribution in [-0.2, 0) is 14.4 Å². The summed E-state index contributed by atoms with van der Waals surface area (Å²) in [7, 11) is 0. The zero-order chi connectivity index (χ0) is 17.5. The first-order chi connectivity index (χ1) is 11.5. The fourth-order valence-corrected chi connectivity index (χ4v) is 1.95. The smallest absolute Gasteiger partial charge is 0.327 e. The molecule has 0 aliphatic carbocycles. The van der Waals surface area contributed by atoms with Crippen LogP contribution in [0.4, 0.5) is 0 Å². The molecule has 0 aromatic heterocycles. The topological polar surface area (TPSA) is 96.5 Å². The van der Waals surface area contributed by atoms with Crippen molar-refractivity contribution >= 4 is 28.5 Å². The van der Waals surface area contributed by atoms with Crippen molar-refractivity contribution in [3.8, 4) is 5.75 Å². The largest absolute Gasteiger partial charge is 0.484 e. The van der Waals surface area contributed by atoms with Crippen LogP contribution in [0.3, 0.4) is 0 Å². The van der Waals surface area contributed by atoms with Crippen molar-refractivity contribution in [1.29, 1.82) is 0 Å². The Hall–Kier alpha value is -3.09. The minimum absolute atomic E-state index is 0.171. The van der Waals surface area contributed by atoms with Gasteiger partial charge in [-0.2, -0.15) is 0 Å². The van der Waals surface area contributed by atoms with Crippen LogP contribution >= 0.6 is 0 Å². The van der Waals surface area contributed by atoms with E-state index in [1.807, 2.05) is 41.8 Å². The molecule has 0 aliphatic rings. The lowest BCUT2D eigenvalue weighted by atomic mass is 10.1. The molecule has 2 aromatic rings. The lowest BCUT2D eigenvalue weighted by Gasteiger charge is -2.10. The number of nitrogens with one attached hydrogen (secondary N) is 3. The summed E-state index contributed by atoms with van der Waals surface area (Å²) in [6.07, 6.45) is 0. The number of benzene rings is 2. The number of fused-ring (bicyclic) bond motifs is 1. The second-order valence-corrected chi connectivity index (χ2v) is 5.43. The van der Waals surface area contributed by atoms with Crippen molar-refractivity contribution < 1.29 is 19.1 Å². The molecule has 0 saturated heterocycles. The number of hydrogen-bond donors (Lipinski definition) is 3. The van der Waals surface area contributed by atoms with Crippen LogP contribution in [-0.4, -0.2) is 30.4 Å². The average molecular weight is 329 g/mol. The summed E-state index contributed by atoms with van der Waals surface area (Å²) in [5.74, 6) is -1.80. The van der Waals surface area contributed by atoms with E-state index in [2.05, 4.69) is 10.7 Å². The molecule has 0 atom stereocenters. The first kappa shape index (κ1) is 17.3. The van der Waals surface area contributed by atoms with E-state index in [1.54, 1.807) is 19.9 Å². The van der Waals surface area contributed by atoms with Crippen molar-refractivity contribution in [2.24, 2.45) is 0 Å². The summed E-state index contributed by atoms with van der Waals surface area (Å²) < 4.78 is 5.37. The van der Waals surface area contributed by atoms with Gasteiger partial charge in [0, 0.05) is 6.04 Å². The average Bonchev–Trinajstić information content (AvgIpc) is 2.57. The molecule has 0 heterocycles. The number of hydrogen-bond acceptors (Lipinski definition) is 4. The van der Waals surface area contributed by atoms with Gasteiger partial charge in [-0.15, -0.1) is 0 Å². The van der Waals surface area contributed by atoms with E-state index in [0.29, 0.717) is 5.75 Å². The fourth-order valence-electron chi connectivity index (χ4n) is 1.95. The Kier molecular flexibility index (Phi) is 5.73. The van der Waals surface area contributed by atoms with Gasteiger partial charge in [-0.05, 0) is 36.8 Å². The Labute approximate surface area is 139 Å². The van der Waals surface area contributed by atoms with Crippen LogP contribution in [0.1, 0.15) is 13.8 Å². The summed E-state index contributed by atoms with van der Waals surface area (Å²) in [6, 6.07) is 13.1. The third-order valence-electron chi connectivity index (χ3n) is 3.03. The highest BCUT2D eigenvalue weighted by atomic mass is 16.5. The van der Waals surface area contributed by atoms with Crippen molar-refractivity contribution in [3.63, 3.8) is 0 Å². The summed E-state index contributed by atoms with van der Waals surface area (Å²) in [6.45, 7) is 3.16. The van der Waals surface area contributed by atoms with E-state index in [-0.39, 0.29) is 12.6 Å². The molecule has 2 rings (SSSR count). The van der Waals surface area contributed by atoms with Crippen LogP contribution in [0.25, 0.3) is 10.8 Å². The second kappa shape index (κ2) is 7.96. The number of carbonyl (C=O) groups is 3. The van der Waals surface area contributed by atoms with Crippen molar-refractivity contribution in [1.82, 2.24) is 16.2 Å². The molecular formula is C17H19N3O4. The predicted octanol–water partition coefficient (Wildman–Crippen LogP) is 0.891. The molecule has 0 aliphatic heterocycles. The summed E-state index contributed by atoms with van der Waals surface area (Å²) >= 11 is 0. The minimum atomic E-state index is -0.942. The molecule has 24 heavy (non-hydrogen) atoms. The van der Waals surface area contributed by atoms with E-state index in [1.165, 1.54) is 0 Å². The van der Waals surface area contributed by atoms with E-state index in [4.69, 9.17) is 4.74 Å². The normalized spacial score (nSPS) is 10.3. The summed E-state index contributed by atoms with van der Waals surface area (Å²) in [5.41, 5.74) is 4.14. The van der Waals surface area contributed by atoms with E-state index < -0.39 is 17.7 Å². The molecule has 3 N–H and O–H groups in total. The summed E-state index contributed by atoms with van der Waals surface area (Å²) in [4.78, 5) is 34.4. The van der Waals surface area contributed by atoms with Crippen molar-refractivity contribution in [2.75, 3.05) is 6.61 Å². The van der Waals surface area contributed by atoms with Crippen LogP contribution in [0.2, 0.25) is 0 Å². The SMILES string of the molecule is CC(C)NC(=O)C(=O)NNC(=O)COc1ccc2ccccc2c1. The second-order valence-electron chi connectivity index (χ2n) is 5.43. The fraction of sp³-hybridized carbons (Fsp3) is 0.235. The molecule has 2 aromatic carbocycles. The molecule has 7 nitrogen and oxygen atoms in total. The maximum Gasteiger partial charge on any atom is 0.327 e. The molecule has 0 spiro atoms. The van der Waals surface area contributed by atoms with Gasteiger partial charge in [-0.25, -0.2) is 0 Å². The van der Waals surface area contributed by atoms with Gasteiger partial charge in [0.2, 0.25) is 0 Å². The molecule has 7 heteroatoms. The highest BCUT2D eigenvalue weighted by Gasteiger charge is 2.15. The van der Waals surface area contributed by atoms with Gasteiger partial charge < -0.3 is 10.1 Å². The quantitative estimate of drug-likeness (QED) is 0.573. The van der Waals surface area contributed by atoms with Gasteiger partial charge in [0.25, 0.3) is 5.91 Å². The maximum absolute atomic E-state index is 11.6. The van der Waals surface area contributed by atoms with Crippen molar-refractivity contribution in [2.45, 2.75) is 19.9 Å². The molecule has 0 saturated carbocycles. The zero-order valence-corrected chi connectivity index (χ0v) is 13.5. The van der Waals surface area contributed by atoms with Gasteiger partial charge in [0.15, 0.2) is 6.61 Å². The summed E-state index contributed by atoms with van der Waals surface area (Å²) in [5, 5.41) is 4.47. The number of amides is 3. The molecule has 0 bridgehead atoms. The van der Waals surface area contributed by atoms with Gasteiger partial charge in [0.1, 0.15) is 5.75 Å². The molecule has 0 radical (unpaired) electrons. The predicted molar refractivity (Wildman–Crippen MR) is 89.0 cm³/mol. The number of rotatable bonds is 4. The van der Waals surface area contributed by atoms with Crippen LogP contribution in [0.15, 0.2) is 42.5 Å². The third kappa shape index (κ3) is 4.98. The molecule has 3 amide bonds. The van der Waals surface area contributed by atoms with Gasteiger partial charge in [-0.1, -0.05) is 30.3 Å². The van der Waals surface area contributed by atoms with E-state index in [9.17, 15) is 14.4 Å². The van der Waals surface area contributed by atoms with Crippen LogP contribution in [0.5, 0.6) is 5.75 Å². The number of hydrazine groups is 1. The molecule has 126 valence electrons. The standard InChI is InChI=1S/C17H19N3O4/c1-11(2)18-16(22)17(23)20-19-15(21)10-24-14-8-7-12-5-3-4-6-13(12)9-14/h3-9,11H,10H2,1-2H3,(H,18,22)(H,19,21)(H,20,23). The lowest BCUT2D eigenvalue weighted by Crippen LogP contribution is -2.50. The Bertz CT molecular complexity index is 758. The Balaban J connectivity index is 1.80. The zero-order valence-electron chi connectivity index (χ0n) is 13.5. The molecule has 0 fully saturated rings. The van der Waals surface area contributed by atoms with Crippen molar-refractivity contribution in [3.05, 3.63) is 42.5 Å². The molecule has 0 unspecified atom stereocenters. The number of ether oxygens (including phenoxy) is 1. The highest BCUT2D eigenvalue weighted by Crippen LogP contribution is 2.20. The highest BCUT2D eigenvalue weighted by molar-refractivity contribution is 6.35. The lowest BCUT2D eigenvalue weighted by molar-refractivity contribution is -0.141. The van der Waals surface area contributed by atoms with Gasteiger partial charge in [-0.3, -0.25) is 25.2 Å². The van der Waals surface area contributed by atoms with Crippen LogP contribution < -0.4 is 20.9 Å². The Morgan fingerprint density at radius 1 is 0.958 bits per heavy atom. The monoisotopic (exact) mass is 329 g/mol. The number of carbonyl (C=O) groups excluding carboxylic acids is 3. The Morgan fingerprint density at radius 3 is 2.38 bits per heavy atom. The first-order valence-corrected chi connectivity index (χ1v) is 7.47. The minimum Gasteiger partial charge on any atom is -0.484 e. The maximum atomic E-state index is 11.6. The third-order valence-corrected chi connectivity index (χ3v) is 3.03. The first-order valence-electron chi connectivity index (χ1n) is 7.47.